The molecule has 2 fully saturated rings. The van der Waals surface area contributed by atoms with Crippen LogP contribution in [0.15, 0.2) is 18.2 Å². The van der Waals surface area contributed by atoms with Crippen LogP contribution in [0.2, 0.25) is 0 Å². The first-order valence-electron chi connectivity index (χ1n) is 9.85. The molecule has 5 nitrogen and oxygen atoms in total. The van der Waals surface area contributed by atoms with Gasteiger partial charge in [-0.15, -0.1) is 0 Å². The molecule has 1 aromatic rings. The molecule has 0 N–H and O–H groups in total. The third-order valence-electron chi connectivity index (χ3n) is 6.01. The molecule has 1 heterocycles. The molecular formula is C21H32N2O3. The van der Waals surface area contributed by atoms with E-state index in [1.807, 2.05) is 18.0 Å². The zero-order valence-corrected chi connectivity index (χ0v) is 16.4. The van der Waals surface area contributed by atoms with Crippen LogP contribution in [0.25, 0.3) is 0 Å². The van der Waals surface area contributed by atoms with E-state index in [0.29, 0.717) is 12.6 Å². The Morgan fingerprint density at radius 2 is 1.81 bits per heavy atom. The Morgan fingerprint density at radius 3 is 2.50 bits per heavy atom. The molecule has 0 bridgehead atoms. The van der Waals surface area contributed by atoms with Gasteiger partial charge in [0.25, 0.3) is 0 Å². The van der Waals surface area contributed by atoms with Gasteiger partial charge < -0.3 is 14.4 Å². The summed E-state index contributed by atoms with van der Waals surface area (Å²) in [6.07, 6.45) is 8.32. The second-order valence-corrected chi connectivity index (χ2v) is 7.54. The number of hydrogen-bond donors (Lipinski definition) is 0. The summed E-state index contributed by atoms with van der Waals surface area (Å²) < 4.78 is 10.8. The minimum absolute atomic E-state index is 0.254. The Morgan fingerprint density at radius 1 is 1.08 bits per heavy atom. The summed E-state index contributed by atoms with van der Waals surface area (Å²) in [7, 11) is 5.30. The lowest BCUT2D eigenvalue weighted by atomic mass is 9.94. The first-order chi connectivity index (χ1) is 12.6. The molecule has 0 spiro atoms. The van der Waals surface area contributed by atoms with Crippen LogP contribution in [0.5, 0.6) is 11.5 Å². The molecule has 2 aliphatic rings. The van der Waals surface area contributed by atoms with E-state index in [-0.39, 0.29) is 11.9 Å². The van der Waals surface area contributed by atoms with Gasteiger partial charge in [0.05, 0.1) is 20.8 Å². The fourth-order valence-corrected chi connectivity index (χ4v) is 4.41. The van der Waals surface area contributed by atoms with E-state index in [1.165, 1.54) is 24.8 Å². The Balaban J connectivity index is 1.67. The molecule has 1 aliphatic carbocycles. The van der Waals surface area contributed by atoms with E-state index in [4.69, 9.17) is 9.47 Å². The van der Waals surface area contributed by atoms with Gasteiger partial charge in [-0.1, -0.05) is 25.3 Å². The number of methoxy groups -OCH3 is 2. The molecule has 144 valence electrons. The van der Waals surface area contributed by atoms with E-state index in [1.54, 1.807) is 14.2 Å². The maximum Gasteiger partial charge on any atom is 0.236 e. The highest BCUT2D eigenvalue weighted by molar-refractivity contribution is 5.78. The zero-order valence-electron chi connectivity index (χ0n) is 16.4. The normalized spacial score (nSPS) is 21.6. The predicted molar refractivity (Wildman–Crippen MR) is 103 cm³/mol. The van der Waals surface area contributed by atoms with Crippen LogP contribution >= 0.6 is 0 Å². The number of carbonyl (C=O) groups excluding carboxylic acids is 1. The van der Waals surface area contributed by atoms with Crippen molar-refractivity contribution in [3.8, 4) is 11.5 Å². The summed E-state index contributed by atoms with van der Waals surface area (Å²) in [6.45, 7) is 1.48. The minimum atomic E-state index is 0.254. The van der Waals surface area contributed by atoms with Crippen LogP contribution in [0.4, 0.5) is 0 Å². The van der Waals surface area contributed by atoms with Gasteiger partial charge in [-0.25, -0.2) is 0 Å². The van der Waals surface area contributed by atoms with Crippen molar-refractivity contribution in [1.29, 1.82) is 0 Å². The van der Waals surface area contributed by atoms with Gasteiger partial charge in [-0.3, -0.25) is 9.69 Å². The van der Waals surface area contributed by atoms with Gasteiger partial charge in [-0.05, 0) is 49.9 Å². The van der Waals surface area contributed by atoms with E-state index in [2.05, 4.69) is 17.0 Å². The molecule has 1 atom stereocenters. The number of rotatable bonds is 6. The lowest BCUT2D eigenvalue weighted by Gasteiger charge is -2.33. The monoisotopic (exact) mass is 360 g/mol. The Hall–Kier alpha value is -1.75. The van der Waals surface area contributed by atoms with Crippen molar-refractivity contribution in [2.45, 2.75) is 57.0 Å². The number of amides is 1. The molecule has 0 radical (unpaired) electrons. The number of benzene rings is 1. The van der Waals surface area contributed by atoms with Gasteiger partial charge in [0.2, 0.25) is 5.91 Å². The Labute approximate surface area is 157 Å². The quantitative estimate of drug-likeness (QED) is 0.777. The predicted octanol–water partition coefficient (Wildman–Crippen LogP) is 3.63. The highest BCUT2D eigenvalue weighted by Gasteiger charge is 2.30. The van der Waals surface area contributed by atoms with Crippen LogP contribution < -0.4 is 9.47 Å². The molecule has 0 aromatic heterocycles. The fourth-order valence-electron chi connectivity index (χ4n) is 4.41. The molecule has 1 unspecified atom stereocenters. The summed E-state index contributed by atoms with van der Waals surface area (Å²) in [5, 5.41) is 0. The van der Waals surface area contributed by atoms with Crippen molar-refractivity contribution in [3.63, 3.8) is 0 Å². The topological polar surface area (TPSA) is 42.0 Å². The van der Waals surface area contributed by atoms with Gasteiger partial charge in [0, 0.05) is 19.1 Å². The summed E-state index contributed by atoms with van der Waals surface area (Å²) in [6, 6.07) is 6.81. The lowest BCUT2D eigenvalue weighted by Crippen LogP contribution is -2.44. The van der Waals surface area contributed by atoms with E-state index in [9.17, 15) is 4.79 Å². The largest absolute Gasteiger partial charge is 0.493 e. The molecule has 1 saturated carbocycles. The van der Waals surface area contributed by atoms with Gasteiger partial charge >= 0.3 is 0 Å². The zero-order chi connectivity index (χ0) is 18.5. The molecule has 1 saturated heterocycles. The van der Waals surface area contributed by atoms with E-state index < -0.39 is 0 Å². The van der Waals surface area contributed by atoms with Crippen LogP contribution in [-0.4, -0.2) is 56.1 Å². The van der Waals surface area contributed by atoms with Gasteiger partial charge in [0.1, 0.15) is 0 Å². The highest BCUT2D eigenvalue weighted by Crippen LogP contribution is 2.36. The first-order valence-corrected chi connectivity index (χ1v) is 9.85. The molecule has 1 aliphatic heterocycles. The fraction of sp³-hybridized carbons (Fsp3) is 0.667. The summed E-state index contributed by atoms with van der Waals surface area (Å²) in [5.41, 5.74) is 1.20. The molecule has 26 heavy (non-hydrogen) atoms. The third-order valence-corrected chi connectivity index (χ3v) is 6.01. The number of likely N-dealkylation sites (tertiary alicyclic amines) is 1. The van der Waals surface area contributed by atoms with Gasteiger partial charge in [0.15, 0.2) is 11.5 Å². The molecular weight excluding hydrogens is 328 g/mol. The number of carbonyl (C=O) groups is 1. The van der Waals surface area contributed by atoms with Crippen molar-refractivity contribution in [3.05, 3.63) is 23.8 Å². The maximum absolute atomic E-state index is 12.8. The van der Waals surface area contributed by atoms with E-state index >= 15 is 0 Å². The summed E-state index contributed by atoms with van der Waals surface area (Å²) in [4.78, 5) is 17.2. The first kappa shape index (κ1) is 19.0. The van der Waals surface area contributed by atoms with Gasteiger partial charge in [-0.2, -0.15) is 0 Å². The van der Waals surface area contributed by atoms with Crippen molar-refractivity contribution in [2.75, 3.05) is 34.4 Å². The number of ether oxygens (including phenoxy) is 2. The molecule has 1 amide bonds. The summed E-state index contributed by atoms with van der Waals surface area (Å²) >= 11 is 0. The van der Waals surface area contributed by atoms with Crippen molar-refractivity contribution < 1.29 is 14.3 Å². The highest BCUT2D eigenvalue weighted by atomic mass is 16.5. The summed E-state index contributed by atoms with van der Waals surface area (Å²) in [5.74, 6) is 1.75. The van der Waals surface area contributed by atoms with Crippen LogP contribution in [-0.2, 0) is 4.79 Å². The number of hydrogen-bond acceptors (Lipinski definition) is 4. The lowest BCUT2D eigenvalue weighted by molar-refractivity contribution is -0.134. The molecule has 5 heteroatoms. The average Bonchev–Trinajstić information content (AvgIpc) is 3.15. The second-order valence-electron chi connectivity index (χ2n) is 7.54. The van der Waals surface area contributed by atoms with Crippen molar-refractivity contribution in [2.24, 2.45) is 0 Å². The Kier molecular flexibility index (Phi) is 6.41. The van der Waals surface area contributed by atoms with E-state index in [0.717, 1.165) is 43.7 Å². The Bertz CT molecular complexity index is 613. The SMILES string of the molecule is COc1ccc(C2CCCN2CC(=O)N(C)C2CCCCC2)cc1OC. The molecule has 1 aromatic carbocycles. The maximum atomic E-state index is 12.8. The number of likely N-dealkylation sites (N-methyl/N-ethyl adjacent to an activating group) is 1. The van der Waals surface area contributed by atoms with Crippen LogP contribution in [0, 0.1) is 0 Å². The van der Waals surface area contributed by atoms with Crippen LogP contribution in [0.3, 0.4) is 0 Å². The number of nitrogens with zero attached hydrogens (tertiary/aromatic N) is 2. The van der Waals surface area contributed by atoms with Crippen LogP contribution in [0.1, 0.15) is 56.6 Å². The third kappa shape index (κ3) is 4.14. The standard InChI is InChI=1S/C21H32N2O3/c1-22(17-8-5-4-6-9-17)21(24)15-23-13-7-10-18(23)16-11-12-19(25-2)20(14-16)26-3/h11-12,14,17-18H,4-10,13,15H2,1-3H3. The minimum Gasteiger partial charge on any atom is -0.493 e. The van der Waals surface area contributed by atoms with Crippen molar-refractivity contribution >= 4 is 5.91 Å². The molecule has 3 rings (SSSR count). The second kappa shape index (κ2) is 8.76. The average molecular weight is 360 g/mol. The smallest absolute Gasteiger partial charge is 0.236 e. The van der Waals surface area contributed by atoms with Crippen molar-refractivity contribution in [1.82, 2.24) is 9.80 Å².